The molecule has 0 saturated heterocycles. The van der Waals surface area contributed by atoms with Crippen molar-refractivity contribution in [3.63, 3.8) is 0 Å². The molecule has 0 aliphatic heterocycles. The summed E-state index contributed by atoms with van der Waals surface area (Å²) in [5.41, 5.74) is -0.0679. The Morgan fingerprint density at radius 2 is 2.05 bits per heavy atom. The zero-order chi connectivity index (χ0) is 14.8. The number of aromatic nitrogens is 3. The van der Waals surface area contributed by atoms with Crippen LogP contribution in [-0.4, -0.2) is 45.5 Å². The van der Waals surface area contributed by atoms with Crippen LogP contribution < -0.4 is 5.84 Å². The summed E-state index contributed by atoms with van der Waals surface area (Å²) in [6, 6.07) is 0. The SMILES string of the molecule is COCCc1nnc(SC2CC(OC(C)(C)C)C2)n1N. The fraction of sp³-hybridized carbons (Fsp3) is 0.846. The Bertz CT molecular complexity index is 438. The Kier molecular flexibility index (Phi) is 4.93. The van der Waals surface area contributed by atoms with Gasteiger partial charge < -0.3 is 15.3 Å². The molecule has 1 aliphatic carbocycles. The maximum absolute atomic E-state index is 5.99. The number of methoxy groups -OCH3 is 1. The molecule has 6 nitrogen and oxygen atoms in total. The Labute approximate surface area is 124 Å². The van der Waals surface area contributed by atoms with Gasteiger partial charge in [0.15, 0.2) is 5.82 Å². The van der Waals surface area contributed by atoms with Gasteiger partial charge >= 0.3 is 0 Å². The number of rotatable bonds is 6. The average Bonchev–Trinajstić information content (AvgIpc) is 2.64. The summed E-state index contributed by atoms with van der Waals surface area (Å²) in [6.07, 6.45) is 3.13. The second-order valence-corrected chi connectivity index (χ2v) is 7.34. The van der Waals surface area contributed by atoms with E-state index in [1.807, 2.05) is 0 Å². The van der Waals surface area contributed by atoms with Crippen LogP contribution in [0.3, 0.4) is 0 Å². The van der Waals surface area contributed by atoms with Crippen LogP contribution in [0.15, 0.2) is 5.16 Å². The van der Waals surface area contributed by atoms with Gasteiger partial charge in [0, 0.05) is 18.8 Å². The van der Waals surface area contributed by atoms with Crippen molar-refractivity contribution in [3.8, 4) is 0 Å². The predicted octanol–water partition coefficient (Wildman–Crippen LogP) is 1.62. The van der Waals surface area contributed by atoms with Crippen molar-refractivity contribution in [2.24, 2.45) is 0 Å². The van der Waals surface area contributed by atoms with Gasteiger partial charge in [-0.1, -0.05) is 11.8 Å². The van der Waals surface area contributed by atoms with Gasteiger partial charge in [0.2, 0.25) is 5.16 Å². The highest BCUT2D eigenvalue weighted by Gasteiger charge is 2.34. The van der Waals surface area contributed by atoms with Gasteiger partial charge in [0.05, 0.1) is 18.3 Å². The Morgan fingerprint density at radius 3 is 2.65 bits per heavy atom. The van der Waals surface area contributed by atoms with Gasteiger partial charge in [-0.05, 0) is 33.6 Å². The van der Waals surface area contributed by atoms with Crippen molar-refractivity contribution < 1.29 is 9.47 Å². The monoisotopic (exact) mass is 300 g/mol. The summed E-state index contributed by atoms with van der Waals surface area (Å²) in [6.45, 7) is 6.87. The molecule has 0 amide bonds. The van der Waals surface area contributed by atoms with Gasteiger partial charge in [0.1, 0.15) is 0 Å². The number of nitrogens with two attached hydrogens (primary N) is 1. The fourth-order valence-electron chi connectivity index (χ4n) is 2.11. The summed E-state index contributed by atoms with van der Waals surface area (Å²) < 4.78 is 12.5. The van der Waals surface area contributed by atoms with E-state index in [0.29, 0.717) is 24.4 Å². The number of hydrogen-bond donors (Lipinski definition) is 1. The van der Waals surface area contributed by atoms with Crippen molar-refractivity contribution in [1.82, 2.24) is 14.9 Å². The van der Waals surface area contributed by atoms with E-state index >= 15 is 0 Å². The van der Waals surface area contributed by atoms with Gasteiger partial charge in [-0.3, -0.25) is 0 Å². The molecule has 20 heavy (non-hydrogen) atoms. The first-order chi connectivity index (χ1) is 9.39. The first-order valence-corrected chi connectivity index (χ1v) is 7.80. The lowest BCUT2D eigenvalue weighted by Gasteiger charge is -2.38. The molecule has 1 fully saturated rings. The Balaban J connectivity index is 1.80. The third-order valence-electron chi connectivity index (χ3n) is 3.11. The van der Waals surface area contributed by atoms with Crippen LogP contribution in [0.1, 0.15) is 39.4 Å². The van der Waals surface area contributed by atoms with Gasteiger partial charge in [0.25, 0.3) is 0 Å². The summed E-state index contributed by atoms with van der Waals surface area (Å²) in [5.74, 6) is 6.75. The molecule has 0 unspecified atom stereocenters. The van der Waals surface area contributed by atoms with E-state index in [-0.39, 0.29) is 5.60 Å². The predicted molar refractivity (Wildman–Crippen MR) is 79.3 cm³/mol. The van der Waals surface area contributed by atoms with E-state index in [9.17, 15) is 0 Å². The van der Waals surface area contributed by atoms with Gasteiger partial charge in [-0.25, -0.2) is 4.68 Å². The van der Waals surface area contributed by atoms with Crippen LogP contribution in [-0.2, 0) is 15.9 Å². The number of hydrogen-bond acceptors (Lipinski definition) is 6. The third-order valence-corrected chi connectivity index (χ3v) is 4.32. The molecule has 1 saturated carbocycles. The van der Waals surface area contributed by atoms with E-state index in [2.05, 4.69) is 31.0 Å². The molecule has 7 heteroatoms. The average molecular weight is 300 g/mol. The first kappa shape index (κ1) is 15.6. The van der Waals surface area contributed by atoms with Gasteiger partial charge in [-0.15, -0.1) is 10.2 Å². The fourth-order valence-corrected chi connectivity index (χ4v) is 3.34. The maximum atomic E-state index is 5.99. The van der Waals surface area contributed by atoms with Gasteiger partial charge in [-0.2, -0.15) is 0 Å². The number of nitrogen functional groups attached to an aromatic ring is 1. The molecule has 0 radical (unpaired) electrons. The molecule has 2 rings (SSSR count). The minimum atomic E-state index is -0.0679. The minimum Gasteiger partial charge on any atom is -0.384 e. The van der Waals surface area contributed by atoms with Crippen molar-refractivity contribution in [2.45, 2.75) is 62.1 Å². The lowest BCUT2D eigenvalue weighted by Crippen LogP contribution is -2.39. The molecule has 1 aliphatic rings. The largest absolute Gasteiger partial charge is 0.384 e. The Hall–Kier alpha value is -0.790. The highest BCUT2D eigenvalue weighted by Crippen LogP contribution is 2.38. The number of thioether (sulfide) groups is 1. The van der Waals surface area contributed by atoms with Crippen molar-refractivity contribution in [1.29, 1.82) is 0 Å². The third kappa shape index (κ3) is 4.10. The second kappa shape index (κ2) is 6.32. The van der Waals surface area contributed by atoms with Crippen molar-refractivity contribution >= 4 is 11.8 Å². The molecular weight excluding hydrogens is 276 g/mol. The van der Waals surface area contributed by atoms with E-state index in [1.54, 1.807) is 23.5 Å². The highest BCUT2D eigenvalue weighted by atomic mass is 32.2. The van der Waals surface area contributed by atoms with E-state index < -0.39 is 0 Å². The molecule has 0 atom stereocenters. The van der Waals surface area contributed by atoms with Crippen molar-refractivity contribution in [3.05, 3.63) is 5.82 Å². The van der Waals surface area contributed by atoms with E-state index in [4.69, 9.17) is 15.3 Å². The summed E-state index contributed by atoms with van der Waals surface area (Å²) in [5, 5.41) is 9.53. The normalized spacial score (nSPS) is 22.8. The van der Waals surface area contributed by atoms with Crippen LogP contribution in [0.4, 0.5) is 0 Å². The maximum Gasteiger partial charge on any atom is 0.210 e. The van der Waals surface area contributed by atoms with E-state index in [1.165, 1.54) is 0 Å². The highest BCUT2D eigenvalue weighted by molar-refractivity contribution is 7.99. The number of ether oxygens (including phenoxy) is 2. The second-order valence-electron chi connectivity index (χ2n) is 6.08. The van der Waals surface area contributed by atoms with Crippen LogP contribution in [0.25, 0.3) is 0 Å². The van der Waals surface area contributed by atoms with Crippen LogP contribution in [0, 0.1) is 0 Å². The molecule has 2 N–H and O–H groups in total. The molecule has 1 heterocycles. The molecule has 0 aromatic carbocycles. The zero-order valence-electron chi connectivity index (χ0n) is 12.6. The molecule has 0 bridgehead atoms. The zero-order valence-corrected chi connectivity index (χ0v) is 13.4. The summed E-state index contributed by atoms with van der Waals surface area (Å²) >= 11 is 1.68. The molecule has 0 spiro atoms. The number of nitrogens with zero attached hydrogens (tertiary/aromatic N) is 3. The van der Waals surface area contributed by atoms with Crippen molar-refractivity contribution in [2.75, 3.05) is 19.6 Å². The van der Waals surface area contributed by atoms with E-state index in [0.717, 1.165) is 23.8 Å². The minimum absolute atomic E-state index is 0.0679. The van der Waals surface area contributed by atoms with Crippen LogP contribution in [0.5, 0.6) is 0 Å². The topological polar surface area (TPSA) is 75.2 Å². The smallest absolute Gasteiger partial charge is 0.210 e. The molecular formula is C13H24N4O2S. The quantitative estimate of drug-likeness (QED) is 0.805. The standard InChI is InChI=1S/C13H24N4O2S/c1-13(2,3)19-9-7-10(8-9)20-12-16-15-11(17(12)14)5-6-18-4/h9-10H,5-8,14H2,1-4H3. The van der Waals surface area contributed by atoms with Crippen LogP contribution in [0.2, 0.25) is 0 Å². The lowest BCUT2D eigenvalue weighted by molar-refractivity contribution is -0.0892. The summed E-state index contributed by atoms with van der Waals surface area (Å²) in [7, 11) is 1.66. The Morgan fingerprint density at radius 1 is 1.35 bits per heavy atom. The molecule has 114 valence electrons. The lowest BCUT2D eigenvalue weighted by atomic mass is 9.94. The molecule has 1 aromatic heterocycles. The summed E-state index contributed by atoms with van der Waals surface area (Å²) in [4.78, 5) is 0. The first-order valence-electron chi connectivity index (χ1n) is 6.92. The van der Waals surface area contributed by atoms with Crippen LogP contribution >= 0.6 is 11.8 Å². The molecule has 1 aromatic rings.